The highest BCUT2D eigenvalue weighted by molar-refractivity contribution is 5.77. The molecule has 3 heterocycles. The second kappa shape index (κ2) is 4.88. The molecule has 2 bridgehead atoms. The lowest BCUT2D eigenvalue weighted by atomic mass is 10.0. The Balaban J connectivity index is 1.55. The van der Waals surface area contributed by atoms with E-state index in [0.29, 0.717) is 23.8 Å². The average molecular weight is 285 g/mol. The van der Waals surface area contributed by atoms with E-state index in [0.717, 1.165) is 24.0 Å². The van der Waals surface area contributed by atoms with Gasteiger partial charge in [-0.15, -0.1) is 0 Å². The van der Waals surface area contributed by atoms with Crippen molar-refractivity contribution in [3.05, 3.63) is 40.8 Å². The Hall–Kier alpha value is -1.81. The van der Waals surface area contributed by atoms with Crippen molar-refractivity contribution in [1.29, 1.82) is 0 Å². The largest absolute Gasteiger partial charge is 0.490 e. The van der Waals surface area contributed by atoms with Crippen LogP contribution in [0.2, 0.25) is 0 Å². The second-order valence-electron chi connectivity index (χ2n) is 6.22. The summed E-state index contributed by atoms with van der Waals surface area (Å²) in [5, 5.41) is 0.906. The van der Waals surface area contributed by atoms with Gasteiger partial charge in [-0.1, -0.05) is 0 Å². The third-order valence-electron chi connectivity index (χ3n) is 4.95. The first-order chi connectivity index (χ1) is 10.2. The minimum atomic E-state index is -0.317. The van der Waals surface area contributed by atoms with Gasteiger partial charge in [0.2, 0.25) is 0 Å². The SMILES string of the molecule is CN1[C@H]2CC[C@H]1CC(Oc1ccc3oc(=O)ccc3c1)C2. The van der Waals surface area contributed by atoms with Crippen molar-refractivity contribution >= 4 is 11.0 Å². The Morgan fingerprint density at radius 2 is 1.90 bits per heavy atom. The Morgan fingerprint density at radius 1 is 1.14 bits per heavy atom. The zero-order chi connectivity index (χ0) is 14.4. The smallest absolute Gasteiger partial charge is 0.336 e. The van der Waals surface area contributed by atoms with Crippen LogP contribution in [0.5, 0.6) is 5.75 Å². The molecule has 0 aliphatic carbocycles. The van der Waals surface area contributed by atoms with Crippen LogP contribution in [0.4, 0.5) is 0 Å². The predicted octanol–water partition coefficient (Wildman–Crippen LogP) is 2.80. The predicted molar refractivity (Wildman–Crippen MR) is 80.7 cm³/mol. The molecule has 4 heteroatoms. The summed E-state index contributed by atoms with van der Waals surface area (Å²) in [5.41, 5.74) is 0.293. The van der Waals surface area contributed by atoms with Gasteiger partial charge in [-0.05, 0) is 57.0 Å². The fourth-order valence-corrected chi connectivity index (χ4v) is 3.77. The number of fused-ring (bicyclic) bond motifs is 3. The summed E-state index contributed by atoms with van der Waals surface area (Å²) in [6.45, 7) is 0. The molecule has 0 unspecified atom stereocenters. The summed E-state index contributed by atoms with van der Waals surface area (Å²) in [4.78, 5) is 13.7. The summed E-state index contributed by atoms with van der Waals surface area (Å²) in [7, 11) is 2.23. The standard InChI is InChI=1S/C17H19NO3/c1-18-12-3-4-13(18)10-15(9-12)20-14-5-6-16-11(8-14)2-7-17(19)21-16/h2,5-8,12-13,15H,3-4,9-10H2,1H3/t12-,13-/m0/s1. The van der Waals surface area contributed by atoms with E-state index in [9.17, 15) is 4.79 Å². The molecule has 2 aliphatic rings. The van der Waals surface area contributed by atoms with Crippen LogP contribution in [0.25, 0.3) is 11.0 Å². The van der Waals surface area contributed by atoms with E-state index < -0.39 is 0 Å². The molecule has 2 saturated heterocycles. The first kappa shape index (κ1) is 12.9. The maximum atomic E-state index is 11.2. The average Bonchev–Trinajstić information content (AvgIpc) is 2.70. The maximum absolute atomic E-state index is 11.2. The molecule has 0 saturated carbocycles. The minimum Gasteiger partial charge on any atom is -0.490 e. The van der Waals surface area contributed by atoms with Gasteiger partial charge in [-0.2, -0.15) is 0 Å². The lowest BCUT2D eigenvalue weighted by Gasteiger charge is -2.36. The summed E-state index contributed by atoms with van der Waals surface area (Å²) < 4.78 is 11.3. The molecule has 2 aliphatic heterocycles. The molecule has 2 fully saturated rings. The van der Waals surface area contributed by atoms with Crippen molar-refractivity contribution in [1.82, 2.24) is 4.90 Å². The molecule has 0 amide bonds. The number of ether oxygens (including phenoxy) is 1. The van der Waals surface area contributed by atoms with E-state index in [4.69, 9.17) is 9.15 Å². The van der Waals surface area contributed by atoms with Crippen molar-refractivity contribution in [3.8, 4) is 5.75 Å². The molecule has 0 radical (unpaired) electrons. The van der Waals surface area contributed by atoms with E-state index in [1.165, 1.54) is 18.9 Å². The number of piperidine rings is 1. The highest BCUT2D eigenvalue weighted by Gasteiger charge is 2.39. The van der Waals surface area contributed by atoms with Gasteiger partial charge in [-0.25, -0.2) is 4.79 Å². The van der Waals surface area contributed by atoms with Crippen molar-refractivity contribution in [2.75, 3.05) is 7.05 Å². The fraction of sp³-hybridized carbons (Fsp3) is 0.471. The highest BCUT2D eigenvalue weighted by atomic mass is 16.5. The Kier molecular flexibility index (Phi) is 3.00. The molecular weight excluding hydrogens is 266 g/mol. The van der Waals surface area contributed by atoms with E-state index >= 15 is 0 Å². The van der Waals surface area contributed by atoms with Gasteiger partial charge in [0, 0.05) is 23.5 Å². The lowest BCUT2D eigenvalue weighted by molar-refractivity contribution is 0.0662. The van der Waals surface area contributed by atoms with Crippen molar-refractivity contribution in [2.24, 2.45) is 0 Å². The molecule has 110 valence electrons. The first-order valence-electron chi connectivity index (χ1n) is 7.61. The summed E-state index contributed by atoms with van der Waals surface area (Å²) in [5.74, 6) is 0.866. The van der Waals surface area contributed by atoms with Gasteiger partial charge in [0.15, 0.2) is 0 Å². The van der Waals surface area contributed by atoms with E-state index in [1.54, 1.807) is 6.07 Å². The van der Waals surface area contributed by atoms with Crippen LogP contribution in [0.1, 0.15) is 25.7 Å². The minimum absolute atomic E-state index is 0.298. The Labute approximate surface area is 123 Å². The van der Waals surface area contributed by atoms with Crippen LogP contribution < -0.4 is 10.4 Å². The summed E-state index contributed by atoms with van der Waals surface area (Å²) in [6, 6.07) is 10.2. The van der Waals surface area contributed by atoms with Gasteiger partial charge in [0.1, 0.15) is 17.4 Å². The monoisotopic (exact) mass is 285 g/mol. The van der Waals surface area contributed by atoms with Gasteiger partial charge >= 0.3 is 5.63 Å². The zero-order valence-corrected chi connectivity index (χ0v) is 12.1. The topological polar surface area (TPSA) is 42.7 Å². The van der Waals surface area contributed by atoms with Crippen LogP contribution in [-0.4, -0.2) is 30.1 Å². The Bertz CT molecular complexity index is 709. The fourth-order valence-electron chi connectivity index (χ4n) is 3.77. The van der Waals surface area contributed by atoms with Crippen molar-refractivity contribution < 1.29 is 9.15 Å². The second-order valence-corrected chi connectivity index (χ2v) is 6.22. The van der Waals surface area contributed by atoms with Crippen LogP contribution >= 0.6 is 0 Å². The third kappa shape index (κ3) is 2.33. The number of hydrogen-bond acceptors (Lipinski definition) is 4. The molecule has 2 atom stereocenters. The zero-order valence-electron chi connectivity index (χ0n) is 12.1. The number of hydrogen-bond donors (Lipinski definition) is 0. The molecule has 4 rings (SSSR count). The number of benzene rings is 1. The third-order valence-corrected chi connectivity index (χ3v) is 4.95. The highest BCUT2D eigenvalue weighted by Crippen LogP contribution is 2.36. The normalized spacial score (nSPS) is 28.9. The van der Waals surface area contributed by atoms with Crippen LogP contribution in [0.3, 0.4) is 0 Å². The van der Waals surface area contributed by atoms with Gasteiger partial charge in [0.25, 0.3) is 0 Å². The van der Waals surface area contributed by atoms with Gasteiger partial charge < -0.3 is 14.1 Å². The molecule has 0 spiro atoms. The van der Waals surface area contributed by atoms with Crippen molar-refractivity contribution in [2.45, 2.75) is 43.9 Å². The molecule has 0 N–H and O–H groups in total. The number of rotatable bonds is 2. The molecular formula is C17H19NO3. The summed E-state index contributed by atoms with van der Waals surface area (Å²) >= 11 is 0. The van der Waals surface area contributed by atoms with E-state index in [2.05, 4.69) is 11.9 Å². The van der Waals surface area contributed by atoms with E-state index in [-0.39, 0.29) is 5.63 Å². The van der Waals surface area contributed by atoms with Crippen molar-refractivity contribution in [3.63, 3.8) is 0 Å². The van der Waals surface area contributed by atoms with E-state index in [1.807, 2.05) is 18.2 Å². The van der Waals surface area contributed by atoms with Gasteiger partial charge in [0.05, 0.1) is 0 Å². The summed E-state index contributed by atoms with van der Waals surface area (Å²) in [6.07, 6.45) is 5.10. The molecule has 21 heavy (non-hydrogen) atoms. The maximum Gasteiger partial charge on any atom is 0.336 e. The van der Waals surface area contributed by atoms with Crippen LogP contribution in [0, 0.1) is 0 Å². The Morgan fingerprint density at radius 3 is 2.67 bits per heavy atom. The molecule has 1 aromatic heterocycles. The number of nitrogens with zero attached hydrogens (tertiary/aromatic N) is 1. The molecule has 2 aromatic rings. The quantitative estimate of drug-likeness (QED) is 0.796. The lowest BCUT2D eigenvalue weighted by Crippen LogP contribution is -2.43. The van der Waals surface area contributed by atoms with Gasteiger partial charge in [-0.3, -0.25) is 0 Å². The molecule has 4 nitrogen and oxygen atoms in total. The first-order valence-corrected chi connectivity index (χ1v) is 7.61. The molecule has 1 aromatic carbocycles. The van der Waals surface area contributed by atoms with Crippen LogP contribution in [-0.2, 0) is 0 Å². The van der Waals surface area contributed by atoms with Crippen LogP contribution in [0.15, 0.2) is 39.5 Å².